The van der Waals surface area contributed by atoms with Crippen molar-refractivity contribution in [2.24, 2.45) is 5.73 Å². The van der Waals surface area contributed by atoms with E-state index in [1.54, 1.807) is 170 Å². The number of hydrogen-bond acceptors (Lipinski definition) is 24. The van der Waals surface area contributed by atoms with E-state index >= 15 is 0 Å². The number of rotatable bonds is 39. The van der Waals surface area contributed by atoms with Crippen molar-refractivity contribution in [3.05, 3.63) is 146 Å². The molecule has 0 aliphatic heterocycles. The maximum Gasteiger partial charge on any atom is 0.410 e. The van der Waals surface area contributed by atoms with Crippen molar-refractivity contribution >= 4 is 160 Å². The molecule has 0 heterocycles. The zero-order valence-electron chi connectivity index (χ0n) is 83.0. The van der Waals surface area contributed by atoms with Crippen molar-refractivity contribution in [3.63, 3.8) is 0 Å². The Morgan fingerprint density at radius 1 is 0.345 bits per heavy atom. The molecule has 0 unspecified atom stereocenters. The average molecular weight is 2120 g/mol. The van der Waals surface area contributed by atoms with Crippen LogP contribution in [0, 0.1) is 0 Å². The van der Waals surface area contributed by atoms with Gasteiger partial charge in [-0.15, -0.1) is 24.8 Å². The van der Waals surface area contributed by atoms with E-state index in [0.717, 1.165) is 114 Å². The SMILES string of the molecule is CCC=O.CCCN(C)CC(=O)NC12CC(NC(=O)COc3ccc(Cl)cc3)(C1)C2.CCCN(C)CC(=O)NC12CC(NC(=O)COc3ccc(Cl)cc3)(C1)C2.CN(CC(=O)NC12CC(NC(=O)COc3ccc(Cl)cc3)(C1)C2)C(=O)OC(C)(C)C.CN(CC(=O)O)C(=O)OC(C)(C)C.CNCC(=O)NC12CC(NC(=O)COc3ccc(Cl)cc3)(C1)C2.Cl.Cl.NC12CC(NC(=O)COc3ccc(Cl)cc3)(C1)C2. The van der Waals surface area contributed by atoms with Crippen LogP contribution in [0.25, 0.3) is 0 Å². The minimum Gasteiger partial charge on any atom is -0.484 e. The lowest BCUT2D eigenvalue weighted by molar-refractivity contribution is -0.152. The van der Waals surface area contributed by atoms with Crippen LogP contribution in [0.15, 0.2) is 121 Å². The van der Waals surface area contributed by atoms with E-state index in [2.05, 4.69) is 67.0 Å². The predicted molar refractivity (Wildman–Crippen MR) is 544 cm³/mol. The molecule has 43 heteroatoms. The number of hydrogen-bond donors (Lipinski definition) is 12. The van der Waals surface area contributed by atoms with Crippen LogP contribution >= 0.6 is 82.8 Å². The molecule has 5 aromatic rings. The van der Waals surface area contributed by atoms with Gasteiger partial charge in [-0.1, -0.05) is 78.8 Å². The molecule has 13 N–H and O–H groups in total. The lowest BCUT2D eigenvalue weighted by Crippen LogP contribution is -2.84. The molecule has 0 aromatic heterocycles. The van der Waals surface area contributed by atoms with Crippen molar-refractivity contribution in [3.8, 4) is 28.7 Å². The fourth-order valence-corrected chi connectivity index (χ4v) is 20.0. The first-order chi connectivity index (χ1) is 65.6. The van der Waals surface area contributed by atoms with Crippen molar-refractivity contribution < 1.29 is 101 Å². The molecule has 15 saturated carbocycles. The number of carbonyl (C=O) groups is 13. The highest BCUT2D eigenvalue weighted by Gasteiger charge is 2.72. The monoisotopic (exact) mass is 2120 g/mol. The van der Waals surface area contributed by atoms with Gasteiger partial charge in [-0.25, -0.2) is 9.59 Å². The van der Waals surface area contributed by atoms with E-state index in [1.807, 2.05) is 30.8 Å². The quantitative estimate of drug-likeness (QED) is 0.0163. The number of nitrogens with one attached hydrogen (secondary N) is 10. The molecule has 36 nitrogen and oxygen atoms in total. The first-order valence-corrected chi connectivity index (χ1v) is 48.6. The number of carboxylic acids is 1. The smallest absolute Gasteiger partial charge is 0.410 e. The number of ether oxygens (including phenoxy) is 7. The van der Waals surface area contributed by atoms with Crippen LogP contribution < -0.4 is 82.6 Å². The first kappa shape index (κ1) is 119. The van der Waals surface area contributed by atoms with Crippen molar-refractivity contribution in [1.29, 1.82) is 0 Å². The Hall–Kier alpha value is -10.1. The Bertz CT molecular complexity index is 4940. The van der Waals surface area contributed by atoms with Crippen molar-refractivity contribution in [2.45, 2.75) is 244 Å². The second kappa shape index (κ2) is 51.1. The molecular weight excluding hydrogens is 1980 g/mol. The zero-order valence-corrected chi connectivity index (χ0v) is 88.4. The standard InChI is InChI=1S/C21H28ClN3O5.2C19H26ClN3O3.C16H20ClN3O3.C13H15ClN2O2.C8H15NO4.C3H6O.2ClH/c1-19(2,3)30-18(28)25(4)9-16(26)23-20-11-21(12-20,13-20)24-17(27)10-29-15-7-5-14(22)6-8-15;2*1-3-8-23(2)9-16(24)21-18-11-19(12-18,13-18)22-17(25)10-26-15-6-4-14(20)5-7-15;1-18-6-13(21)19-15-8-16(9-15,10-15)20-14(22)7-23-12-4-2-11(17)3-5-12;14-9-1-3-10(4-2-9)18-5-11(17)16-13-6-12(15,7-13)8-13;1-8(2,3)13-7(12)9(4)5-6(10)11;1-2-3-4;;/h5-8H,9-13H2,1-4H3,(H,23,26)(H,24,27);2*4-7H,3,8-13H2,1-2H3,(H,21,24)(H,22,25);2-5,18H,6-10H2,1H3,(H,19,21)(H,20,22);1-4H,5-8,15H2,(H,16,17);5H2,1-4H3,(H,10,11);3H,2H2,1H3;2*1H. The van der Waals surface area contributed by atoms with E-state index in [-0.39, 0.29) is 179 Å². The Balaban J connectivity index is 0.000000232. The van der Waals surface area contributed by atoms with Crippen molar-refractivity contribution in [1.82, 2.24) is 72.8 Å². The summed E-state index contributed by atoms with van der Waals surface area (Å²) >= 11 is 29.0. The molecule has 11 amide bonds. The number of likely N-dealkylation sites (N-methyl/N-ethyl adjacent to an activating group) is 5. The summed E-state index contributed by atoms with van der Waals surface area (Å²) in [6.07, 6.45) is 14.3. The lowest BCUT2D eigenvalue weighted by Gasteiger charge is -2.70. The van der Waals surface area contributed by atoms with Crippen molar-refractivity contribution in [2.75, 3.05) is 114 Å². The van der Waals surface area contributed by atoms with Gasteiger partial charge in [0.1, 0.15) is 59.3 Å². The predicted octanol–water partition coefficient (Wildman–Crippen LogP) is 11.1. The highest BCUT2D eigenvalue weighted by atomic mass is 35.5. The summed E-state index contributed by atoms with van der Waals surface area (Å²) in [6, 6.07) is 34.4. The number of aldehydes is 1. The maximum absolute atomic E-state index is 12.3. The van der Waals surface area contributed by atoms with Crippen LogP contribution in [0.5, 0.6) is 28.7 Å². The van der Waals surface area contributed by atoms with Gasteiger partial charge in [0.05, 0.1) is 19.6 Å². The summed E-state index contributed by atoms with van der Waals surface area (Å²) in [5, 5.41) is 41.7. The maximum atomic E-state index is 12.3. The van der Waals surface area contributed by atoms with E-state index in [1.165, 1.54) is 19.0 Å². The first-order valence-electron chi connectivity index (χ1n) is 46.7. The number of nitrogens with zero attached hydrogens (tertiary/aromatic N) is 4. The minimum absolute atomic E-state index is 0. The third-order valence-corrected chi connectivity index (χ3v) is 25.7. The molecule has 784 valence electrons. The number of halogens is 7. The van der Waals surface area contributed by atoms with E-state index in [9.17, 15) is 62.3 Å². The molecular formula is C99H138Cl7N15O21. The highest BCUT2D eigenvalue weighted by Crippen LogP contribution is 2.63. The number of nitrogens with two attached hydrogens (primary N) is 1. The van der Waals surface area contributed by atoms with Gasteiger partial charge >= 0.3 is 18.2 Å². The summed E-state index contributed by atoms with van der Waals surface area (Å²) in [6.45, 7) is 18.9. The van der Waals surface area contributed by atoms with Gasteiger partial charge in [-0.3, -0.25) is 57.7 Å². The van der Waals surface area contributed by atoms with E-state index in [4.69, 9.17) is 102 Å². The Morgan fingerprint density at radius 3 is 0.732 bits per heavy atom. The number of aliphatic carboxylic acids is 1. The van der Waals surface area contributed by atoms with Gasteiger partial charge in [0.25, 0.3) is 29.5 Å². The largest absolute Gasteiger partial charge is 0.484 e. The summed E-state index contributed by atoms with van der Waals surface area (Å²) in [5.41, 5.74) is 3.30. The van der Waals surface area contributed by atoms with Gasteiger partial charge in [-0.2, -0.15) is 0 Å². The normalized spacial score (nSPS) is 24.2. The molecule has 142 heavy (non-hydrogen) atoms. The van der Waals surface area contributed by atoms with Gasteiger partial charge in [-0.05, 0) is 306 Å². The minimum atomic E-state index is -1.06. The lowest BCUT2D eigenvalue weighted by atomic mass is 9.44. The molecule has 15 aliphatic rings. The molecule has 15 fully saturated rings. The molecule has 5 aromatic carbocycles. The van der Waals surface area contributed by atoms with Crippen LogP contribution in [-0.4, -0.2) is 283 Å². The molecule has 0 saturated heterocycles. The second-order valence-corrected chi connectivity index (χ2v) is 43.0. The molecule has 0 radical (unpaired) electrons. The Kier molecular flexibility index (Phi) is 42.8. The number of benzene rings is 5. The van der Waals surface area contributed by atoms with E-state index in [0.29, 0.717) is 99.2 Å². The van der Waals surface area contributed by atoms with Gasteiger partial charge in [0, 0.05) is 101 Å². The van der Waals surface area contributed by atoms with Gasteiger partial charge < -0.3 is 112 Å². The highest BCUT2D eigenvalue weighted by molar-refractivity contribution is 6.31. The number of carboxylic acid groups (broad SMARTS) is 1. The van der Waals surface area contributed by atoms with Crippen LogP contribution in [-0.2, 0) is 62.2 Å². The van der Waals surface area contributed by atoms with Crippen LogP contribution in [0.4, 0.5) is 9.59 Å². The summed E-state index contributed by atoms with van der Waals surface area (Å²) in [4.78, 5) is 157. The van der Waals surface area contributed by atoms with Gasteiger partial charge in [0.15, 0.2) is 33.0 Å². The van der Waals surface area contributed by atoms with Crippen LogP contribution in [0.1, 0.15) is 178 Å². The Labute approximate surface area is 867 Å². The third-order valence-electron chi connectivity index (χ3n) is 24.5. The average Bonchev–Trinajstić information content (AvgIpc) is 0.689. The van der Waals surface area contributed by atoms with E-state index < -0.39 is 29.4 Å². The number of carbonyl (C=O) groups excluding carboxylic acids is 12. The fraction of sp³-hybridized carbons (Fsp3) is 0.566. The summed E-state index contributed by atoms with van der Waals surface area (Å²) in [7, 11) is 8.55. The van der Waals surface area contributed by atoms with Crippen LogP contribution in [0.2, 0.25) is 25.1 Å². The third kappa shape index (κ3) is 36.3. The molecule has 10 bridgehead atoms. The van der Waals surface area contributed by atoms with Crippen LogP contribution in [0.3, 0.4) is 0 Å². The summed E-state index contributed by atoms with van der Waals surface area (Å²) in [5.74, 6) is 1.16. The van der Waals surface area contributed by atoms with Gasteiger partial charge in [0.2, 0.25) is 23.6 Å². The topological polar surface area (TPSA) is 466 Å². The molecule has 15 aliphatic carbocycles. The number of amides is 11. The molecule has 0 atom stereocenters. The summed E-state index contributed by atoms with van der Waals surface area (Å²) < 4.78 is 37.4. The fourth-order valence-electron chi connectivity index (χ4n) is 19.4. The second-order valence-electron chi connectivity index (χ2n) is 40.8. The Morgan fingerprint density at radius 2 is 0.542 bits per heavy atom. The molecule has 0 spiro atoms. The zero-order chi connectivity index (χ0) is 103. The molecule has 20 rings (SSSR count).